The zero-order valence-corrected chi connectivity index (χ0v) is 23.3. The number of carbonyl (C=O) groups excluding carboxylic acids is 2. The number of rotatable bonds is 8. The first-order valence-electron chi connectivity index (χ1n) is 12.4. The summed E-state index contributed by atoms with van der Waals surface area (Å²) in [5, 5.41) is 3.18. The summed E-state index contributed by atoms with van der Waals surface area (Å²) in [6.07, 6.45) is -0.305. The molecule has 3 atom stereocenters. The van der Waals surface area contributed by atoms with E-state index in [9.17, 15) is 18.0 Å². The zero-order chi connectivity index (χ0) is 28.5. The molecule has 0 saturated carbocycles. The number of methoxy groups -OCH3 is 1. The smallest absolute Gasteiger partial charge is 0.325 e. The van der Waals surface area contributed by atoms with Crippen LogP contribution in [0.2, 0.25) is 0 Å². The standard InChI is InChI=1S/C27H33N3O8S/c1-15-6-8-17(9-7-15)25-24(26(31)29-3)20-10-19-16(2)37-18(13-36-27(32)21(28)14-35-4)12-30(39(5,33)34)22(19)11-23(20)38-25/h6-11,16,18,21H,12-14,28H2,1-5H3,(H,29,31)/t16-,18-,21-/m0/s1. The number of anilines is 1. The van der Waals surface area contributed by atoms with E-state index in [0.717, 1.165) is 11.8 Å². The summed E-state index contributed by atoms with van der Waals surface area (Å²) >= 11 is 0. The summed E-state index contributed by atoms with van der Waals surface area (Å²) in [6, 6.07) is 9.93. The molecule has 1 aliphatic heterocycles. The van der Waals surface area contributed by atoms with Gasteiger partial charge in [-0.05, 0) is 19.9 Å². The van der Waals surface area contributed by atoms with Crippen molar-refractivity contribution >= 4 is 38.6 Å². The van der Waals surface area contributed by atoms with Gasteiger partial charge in [0.05, 0.1) is 36.8 Å². The van der Waals surface area contributed by atoms with Crippen molar-refractivity contribution in [2.24, 2.45) is 5.73 Å². The van der Waals surface area contributed by atoms with Crippen LogP contribution in [-0.2, 0) is 29.0 Å². The second-order valence-corrected chi connectivity index (χ2v) is 11.5. The van der Waals surface area contributed by atoms with E-state index >= 15 is 0 Å². The van der Waals surface area contributed by atoms with Gasteiger partial charge < -0.3 is 29.7 Å². The highest BCUT2D eigenvalue weighted by Gasteiger charge is 2.34. The monoisotopic (exact) mass is 559 g/mol. The highest BCUT2D eigenvalue weighted by Crippen LogP contribution is 2.42. The molecule has 0 saturated heterocycles. The van der Waals surface area contributed by atoms with Crippen molar-refractivity contribution in [2.45, 2.75) is 32.1 Å². The molecule has 2 heterocycles. The lowest BCUT2D eigenvalue weighted by Gasteiger charge is -2.25. The first-order valence-corrected chi connectivity index (χ1v) is 14.2. The molecule has 0 aliphatic carbocycles. The fourth-order valence-corrected chi connectivity index (χ4v) is 5.53. The first-order chi connectivity index (χ1) is 18.4. The minimum absolute atomic E-state index is 0.0149. The number of esters is 1. The van der Waals surface area contributed by atoms with E-state index in [2.05, 4.69) is 5.32 Å². The molecule has 3 aromatic rings. The third-order valence-corrected chi connectivity index (χ3v) is 7.69. The van der Waals surface area contributed by atoms with Crippen molar-refractivity contribution in [1.82, 2.24) is 5.32 Å². The van der Waals surface area contributed by atoms with Crippen LogP contribution in [0.25, 0.3) is 22.3 Å². The lowest BCUT2D eigenvalue weighted by atomic mass is 10.00. The number of carbonyl (C=O) groups is 2. The van der Waals surface area contributed by atoms with Gasteiger partial charge >= 0.3 is 5.97 Å². The molecule has 4 rings (SSSR count). The number of sulfonamides is 1. The number of hydrogen-bond acceptors (Lipinski definition) is 9. The number of aryl methyl sites for hydroxylation is 1. The number of nitrogens with two attached hydrogens (primary N) is 1. The van der Waals surface area contributed by atoms with E-state index < -0.39 is 34.2 Å². The van der Waals surface area contributed by atoms with Gasteiger partial charge in [-0.3, -0.25) is 13.9 Å². The second kappa shape index (κ2) is 11.3. The van der Waals surface area contributed by atoms with E-state index in [-0.39, 0.29) is 25.7 Å². The Labute approximate surface area is 227 Å². The number of ether oxygens (including phenoxy) is 3. The summed E-state index contributed by atoms with van der Waals surface area (Å²) in [5.74, 6) is -0.651. The quantitative estimate of drug-likeness (QED) is 0.397. The van der Waals surface area contributed by atoms with Crippen molar-refractivity contribution in [2.75, 3.05) is 44.5 Å². The molecule has 0 spiro atoms. The van der Waals surface area contributed by atoms with E-state index in [4.69, 9.17) is 24.4 Å². The molecule has 0 fully saturated rings. The number of nitrogens with zero attached hydrogens (tertiary/aromatic N) is 1. The third kappa shape index (κ3) is 5.93. The highest BCUT2D eigenvalue weighted by molar-refractivity contribution is 7.92. The fraction of sp³-hybridized carbons (Fsp3) is 0.407. The molecule has 1 aliphatic rings. The van der Waals surface area contributed by atoms with Gasteiger partial charge in [0.25, 0.3) is 5.91 Å². The Balaban J connectivity index is 1.79. The average Bonchev–Trinajstić information content (AvgIpc) is 3.19. The van der Waals surface area contributed by atoms with Crippen molar-refractivity contribution < 1.29 is 36.6 Å². The number of benzene rings is 2. The molecule has 210 valence electrons. The van der Waals surface area contributed by atoms with Gasteiger partial charge in [-0.15, -0.1) is 0 Å². The minimum atomic E-state index is -3.79. The Morgan fingerprint density at radius 2 is 1.92 bits per heavy atom. The van der Waals surface area contributed by atoms with E-state index in [1.54, 1.807) is 19.1 Å². The number of fused-ring (bicyclic) bond motifs is 2. The van der Waals surface area contributed by atoms with E-state index in [1.807, 2.05) is 31.2 Å². The molecule has 0 bridgehead atoms. The van der Waals surface area contributed by atoms with Crippen molar-refractivity contribution in [1.29, 1.82) is 0 Å². The second-order valence-electron chi connectivity index (χ2n) is 9.54. The van der Waals surface area contributed by atoms with E-state index in [0.29, 0.717) is 39.1 Å². The summed E-state index contributed by atoms with van der Waals surface area (Å²) in [5.41, 5.74) is 9.08. The zero-order valence-electron chi connectivity index (χ0n) is 22.5. The maximum absolute atomic E-state index is 13.0. The Kier molecular flexibility index (Phi) is 8.31. The van der Waals surface area contributed by atoms with Gasteiger partial charge in [0.15, 0.2) is 0 Å². The lowest BCUT2D eigenvalue weighted by molar-refractivity contribution is -0.151. The maximum atomic E-state index is 13.0. The number of nitrogens with one attached hydrogen (secondary N) is 1. The van der Waals surface area contributed by atoms with Crippen LogP contribution in [0.3, 0.4) is 0 Å². The Bertz CT molecular complexity index is 1480. The average molecular weight is 560 g/mol. The number of hydrogen-bond donors (Lipinski definition) is 2. The highest BCUT2D eigenvalue weighted by atomic mass is 32.2. The topological polar surface area (TPSA) is 150 Å². The van der Waals surface area contributed by atoms with Crippen molar-refractivity contribution in [3.8, 4) is 11.3 Å². The van der Waals surface area contributed by atoms with Crippen LogP contribution in [0.1, 0.15) is 34.5 Å². The van der Waals surface area contributed by atoms with Gasteiger partial charge in [-0.1, -0.05) is 29.8 Å². The van der Waals surface area contributed by atoms with Gasteiger partial charge in [0.1, 0.15) is 30.1 Å². The largest absolute Gasteiger partial charge is 0.462 e. The van der Waals surface area contributed by atoms with Gasteiger partial charge in [-0.25, -0.2) is 8.42 Å². The molecule has 1 amide bonds. The predicted molar refractivity (Wildman–Crippen MR) is 146 cm³/mol. The summed E-state index contributed by atoms with van der Waals surface area (Å²) in [6.45, 7) is 3.39. The normalized spacial score (nSPS) is 18.4. The van der Waals surface area contributed by atoms with Crippen molar-refractivity contribution in [3.05, 3.63) is 53.1 Å². The Morgan fingerprint density at radius 1 is 1.23 bits per heavy atom. The first kappa shape index (κ1) is 28.6. The number of furan rings is 1. The lowest BCUT2D eigenvalue weighted by Crippen LogP contribution is -2.41. The molecule has 2 aromatic carbocycles. The fourth-order valence-electron chi connectivity index (χ4n) is 4.57. The molecule has 3 N–H and O–H groups in total. The number of amides is 1. The molecule has 1 aromatic heterocycles. The van der Waals surface area contributed by atoms with Crippen LogP contribution in [0.15, 0.2) is 40.8 Å². The molecule has 12 heteroatoms. The molecular formula is C27H33N3O8S. The van der Waals surface area contributed by atoms with Crippen molar-refractivity contribution in [3.63, 3.8) is 0 Å². The molecule has 11 nitrogen and oxygen atoms in total. The summed E-state index contributed by atoms with van der Waals surface area (Å²) < 4.78 is 49.6. The molecular weight excluding hydrogens is 526 g/mol. The predicted octanol–water partition coefficient (Wildman–Crippen LogP) is 2.51. The van der Waals surface area contributed by atoms with E-state index in [1.165, 1.54) is 18.5 Å². The Morgan fingerprint density at radius 3 is 2.54 bits per heavy atom. The Hall–Kier alpha value is -3.45. The van der Waals surface area contributed by atoms with Gasteiger partial charge in [0, 0.05) is 36.7 Å². The molecule has 0 radical (unpaired) electrons. The van der Waals surface area contributed by atoms with Crippen LogP contribution in [0, 0.1) is 6.92 Å². The molecule has 0 unspecified atom stereocenters. The third-order valence-electron chi connectivity index (χ3n) is 6.54. The van der Waals surface area contributed by atoms with Crippen LogP contribution in [0.5, 0.6) is 0 Å². The SMILES string of the molecule is CNC(=O)c1c(-c2ccc(C)cc2)oc2cc3c(cc12)[C@H](C)O[C@H](COC(=O)[C@@H](N)COC)CN3S(C)(=O)=O. The molecule has 39 heavy (non-hydrogen) atoms. The van der Waals surface area contributed by atoms with Crippen LogP contribution < -0.4 is 15.4 Å². The maximum Gasteiger partial charge on any atom is 0.325 e. The van der Waals surface area contributed by atoms with Crippen LogP contribution in [-0.4, -0.2) is 72.6 Å². The summed E-state index contributed by atoms with van der Waals surface area (Å²) in [4.78, 5) is 25.2. The van der Waals surface area contributed by atoms with Crippen LogP contribution in [0.4, 0.5) is 5.69 Å². The summed E-state index contributed by atoms with van der Waals surface area (Å²) in [7, 11) is -0.836. The van der Waals surface area contributed by atoms with Gasteiger partial charge in [-0.2, -0.15) is 0 Å². The minimum Gasteiger partial charge on any atom is -0.462 e. The van der Waals surface area contributed by atoms with Crippen LogP contribution >= 0.6 is 0 Å². The van der Waals surface area contributed by atoms with Gasteiger partial charge in [0.2, 0.25) is 10.0 Å².